The Labute approximate surface area is 84.2 Å². The number of rotatable bonds is 4. The second kappa shape index (κ2) is 4.36. The first kappa shape index (κ1) is 10.9. The average molecular weight is 216 g/mol. The number of carboxylic acids is 1. The van der Waals surface area contributed by atoms with Crippen LogP contribution in [-0.4, -0.2) is 30.8 Å². The number of aryl methyl sites for hydroxylation is 1. The number of aromatic carboxylic acids is 1. The molecule has 1 aromatic rings. The largest absolute Gasteiger partial charge is 0.478 e. The van der Waals surface area contributed by atoms with Crippen molar-refractivity contribution in [1.82, 2.24) is 9.78 Å². The number of hydrogen-bond donors (Lipinski definition) is 1. The van der Waals surface area contributed by atoms with Gasteiger partial charge in [-0.25, -0.2) is 4.79 Å². The van der Waals surface area contributed by atoms with E-state index in [9.17, 15) is 9.00 Å². The minimum atomic E-state index is -1.03. The molecule has 6 heteroatoms. The Kier molecular flexibility index (Phi) is 3.40. The second-order valence-electron chi connectivity index (χ2n) is 2.81. The van der Waals surface area contributed by atoms with Gasteiger partial charge in [-0.15, -0.1) is 0 Å². The van der Waals surface area contributed by atoms with Crippen LogP contribution in [0.5, 0.6) is 0 Å². The van der Waals surface area contributed by atoms with Crippen molar-refractivity contribution in [2.24, 2.45) is 7.05 Å². The van der Waals surface area contributed by atoms with E-state index >= 15 is 0 Å². The molecule has 0 spiro atoms. The summed E-state index contributed by atoms with van der Waals surface area (Å²) in [5.74, 6) is -0.264. The zero-order chi connectivity index (χ0) is 10.7. The van der Waals surface area contributed by atoms with E-state index in [1.165, 1.54) is 10.9 Å². The third-order valence-corrected chi connectivity index (χ3v) is 3.15. The molecule has 0 saturated carbocycles. The smallest absolute Gasteiger partial charge is 0.339 e. The molecule has 0 aliphatic carbocycles. The highest BCUT2D eigenvalue weighted by atomic mass is 32.2. The molecule has 1 unspecified atom stereocenters. The van der Waals surface area contributed by atoms with E-state index in [1.54, 1.807) is 14.0 Å². The standard InChI is InChI=1S/C8H12N2O3S/c1-3-14(13)5-7-6(8(11)12)4-9-10(7)2/h4H,3,5H2,1-2H3,(H,11,12). The van der Waals surface area contributed by atoms with E-state index in [2.05, 4.69) is 5.10 Å². The lowest BCUT2D eigenvalue weighted by Crippen LogP contribution is -2.08. The quantitative estimate of drug-likeness (QED) is 0.790. The van der Waals surface area contributed by atoms with Gasteiger partial charge < -0.3 is 5.11 Å². The van der Waals surface area contributed by atoms with Crippen molar-refractivity contribution in [2.45, 2.75) is 12.7 Å². The Hall–Kier alpha value is -1.17. The minimum Gasteiger partial charge on any atom is -0.478 e. The summed E-state index contributed by atoms with van der Waals surface area (Å²) in [5.41, 5.74) is 0.645. The predicted octanol–water partition coefficient (Wildman–Crippen LogP) is 0.387. The van der Waals surface area contributed by atoms with Crippen LogP contribution in [0.3, 0.4) is 0 Å². The Morgan fingerprint density at radius 3 is 2.86 bits per heavy atom. The van der Waals surface area contributed by atoms with Crippen LogP contribution in [0.2, 0.25) is 0 Å². The topological polar surface area (TPSA) is 72.2 Å². The monoisotopic (exact) mass is 216 g/mol. The molecule has 0 fully saturated rings. The predicted molar refractivity (Wildman–Crippen MR) is 52.6 cm³/mol. The molecule has 0 saturated heterocycles. The minimum absolute atomic E-state index is 0.134. The van der Waals surface area contributed by atoms with Crippen LogP contribution in [0.4, 0.5) is 0 Å². The van der Waals surface area contributed by atoms with Crippen LogP contribution in [0.1, 0.15) is 23.0 Å². The van der Waals surface area contributed by atoms with E-state index in [4.69, 9.17) is 5.11 Å². The third-order valence-electron chi connectivity index (χ3n) is 1.91. The van der Waals surface area contributed by atoms with Crippen molar-refractivity contribution in [3.8, 4) is 0 Å². The molecule has 1 rings (SSSR count). The Morgan fingerprint density at radius 1 is 1.71 bits per heavy atom. The zero-order valence-corrected chi connectivity index (χ0v) is 8.87. The zero-order valence-electron chi connectivity index (χ0n) is 8.06. The molecule has 1 aromatic heterocycles. The van der Waals surface area contributed by atoms with E-state index in [1.807, 2.05) is 0 Å². The number of aromatic nitrogens is 2. The molecule has 1 N–H and O–H groups in total. The summed E-state index contributed by atoms with van der Waals surface area (Å²) in [4.78, 5) is 10.8. The Morgan fingerprint density at radius 2 is 2.36 bits per heavy atom. The first-order valence-electron chi connectivity index (χ1n) is 4.15. The maximum Gasteiger partial charge on any atom is 0.339 e. The highest BCUT2D eigenvalue weighted by molar-refractivity contribution is 7.84. The van der Waals surface area contributed by atoms with Crippen molar-refractivity contribution in [2.75, 3.05) is 5.75 Å². The van der Waals surface area contributed by atoms with Gasteiger partial charge in [0.1, 0.15) is 5.56 Å². The molecular formula is C8H12N2O3S. The lowest BCUT2D eigenvalue weighted by molar-refractivity contribution is 0.0696. The van der Waals surface area contributed by atoms with Crippen molar-refractivity contribution in [1.29, 1.82) is 0 Å². The lowest BCUT2D eigenvalue weighted by atomic mass is 10.3. The van der Waals surface area contributed by atoms with Crippen molar-refractivity contribution in [3.63, 3.8) is 0 Å². The van der Waals surface area contributed by atoms with Gasteiger partial charge in [0.25, 0.3) is 0 Å². The molecule has 0 aliphatic heterocycles. The second-order valence-corrected chi connectivity index (χ2v) is 4.55. The van der Waals surface area contributed by atoms with Gasteiger partial charge in [-0.05, 0) is 0 Å². The van der Waals surface area contributed by atoms with Gasteiger partial charge in [0.05, 0.1) is 17.6 Å². The number of carboxylic acid groups (broad SMARTS) is 1. The van der Waals surface area contributed by atoms with Gasteiger partial charge >= 0.3 is 5.97 Å². The SMILES string of the molecule is CCS(=O)Cc1c(C(=O)O)cnn1C. The van der Waals surface area contributed by atoms with Gasteiger partial charge in [-0.1, -0.05) is 6.92 Å². The summed E-state index contributed by atoms with van der Waals surface area (Å²) >= 11 is 0. The maximum atomic E-state index is 11.3. The first-order valence-corrected chi connectivity index (χ1v) is 5.64. The molecule has 0 bridgehead atoms. The van der Waals surface area contributed by atoms with Crippen LogP contribution in [-0.2, 0) is 23.6 Å². The van der Waals surface area contributed by atoms with Crippen LogP contribution in [0, 0.1) is 0 Å². The molecule has 14 heavy (non-hydrogen) atoms. The highest BCUT2D eigenvalue weighted by Crippen LogP contribution is 2.10. The third kappa shape index (κ3) is 2.20. The summed E-state index contributed by atoms with van der Waals surface area (Å²) in [6.07, 6.45) is 1.28. The van der Waals surface area contributed by atoms with Gasteiger partial charge in [0.2, 0.25) is 0 Å². The van der Waals surface area contributed by atoms with Crippen LogP contribution < -0.4 is 0 Å². The van der Waals surface area contributed by atoms with Crippen LogP contribution in [0.25, 0.3) is 0 Å². The summed E-state index contributed by atoms with van der Waals surface area (Å²) in [6.45, 7) is 1.80. The molecule has 0 amide bonds. The summed E-state index contributed by atoms with van der Waals surface area (Å²) in [7, 11) is 0.630. The molecule has 0 aromatic carbocycles. The molecular weight excluding hydrogens is 204 g/mol. The van der Waals surface area contributed by atoms with Crippen LogP contribution >= 0.6 is 0 Å². The molecule has 1 heterocycles. The molecule has 5 nitrogen and oxygen atoms in total. The molecule has 78 valence electrons. The number of hydrogen-bond acceptors (Lipinski definition) is 3. The maximum absolute atomic E-state index is 11.3. The fraction of sp³-hybridized carbons (Fsp3) is 0.500. The molecule has 0 aliphatic rings. The summed E-state index contributed by atoms with van der Waals surface area (Å²) in [5, 5.41) is 12.6. The number of nitrogens with zero attached hydrogens (tertiary/aromatic N) is 2. The summed E-state index contributed by atoms with van der Waals surface area (Å²) < 4.78 is 12.7. The van der Waals surface area contributed by atoms with Crippen molar-refractivity contribution >= 4 is 16.8 Å². The van der Waals surface area contributed by atoms with E-state index in [-0.39, 0.29) is 11.3 Å². The lowest BCUT2D eigenvalue weighted by Gasteiger charge is -2.02. The van der Waals surface area contributed by atoms with Crippen molar-refractivity contribution < 1.29 is 14.1 Å². The Balaban J connectivity index is 2.99. The van der Waals surface area contributed by atoms with Gasteiger partial charge in [0, 0.05) is 23.6 Å². The fourth-order valence-corrected chi connectivity index (χ4v) is 1.92. The summed E-state index contributed by atoms with van der Waals surface area (Å²) in [6, 6.07) is 0. The van der Waals surface area contributed by atoms with E-state index in [0.717, 1.165) is 0 Å². The average Bonchev–Trinajstić information content (AvgIpc) is 2.48. The van der Waals surface area contributed by atoms with Crippen LogP contribution in [0.15, 0.2) is 6.20 Å². The fourth-order valence-electron chi connectivity index (χ4n) is 1.07. The highest BCUT2D eigenvalue weighted by Gasteiger charge is 2.16. The first-order chi connectivity index (χ1) is 6.56. The molecule has 1 atom stereocenters. The van der Waals surface area contributed by atoms with Gasteiger partial charge in [-0.3, -0.25) is 8.89 Å². The normalized spacial score (nSPS) is 12.7. The van der Waals surface area contributed by atoms with Crippen molar-refractivity contribution in [3.05, 3.63) is 17.5 Å². The van der Waals surface area contributed by atoms with Gasteiger partial charge in [0.15, 0.2) is 0 Å². The molecule has 0 radical (unpaired) electrons. The van der Waals surface area contributed by atoms with Gasteiger partial charge in [-0.2, -0.15) is 5.10 Å². The number of carbonyl (C=O) groups is 1. The van der Waals surface area contributed by atoms with E-state index < -0.39 is 16.8 Å². The Bertz CT molecular complexity index is 373. The van der Waals surface area contributed by atoms with E-state index in [0.29, 0.717) is 11.4 Å².